The van der Waals surface area contributed by atoms with Crippen LogP contribution in [0.3, 0.4) is 0 Å². The molecule has 3 aromatic carbocycles. The number of aryl methyl sites for hydroxylation is 4. The molecule has 4 N–H and O–H groups in total. The predicted molar refractivity (Wildman–Crippen MR) is 165 cm³/mol. The maximum absolute atomic E-state index is 11.1. The summed E-state index contributed by atoms with van der Waals surface area (Å²) in [6.45, 7) is 6.77. The molecule has 45 heavy (non-hydrogen) atoms. The number of aldehydes is 2. The van der Waals surface area contributed by atoms with E-state index >= 15 is 0 Å². The Morgan fingerprint density at radius 1 is 0.956 bits per heavy atom. The summed E-state index contributed by atoms with van der Waals surface area (Å²) in [5.41, 5.74) is 6.10. The Balaban J connectivity index is 0.000000385. The van der Waals surface area contributed by atoms with Crippen LogP contribution in [0.25, 0.3) is 22.8 Å². The summed E-state index contributed by atoms with van der Waals surface area (Å²) in [5, 5.41) is 33.9. The summed E-state index contributed by atoms with van der Waals surface area (Å²) in [5.74, 6) is -0.0980. The zero-order valence-corrected chi connectivity index (χ0v) is 25.4. The van der Waals surface area contributed by atoms with Gasteiger partial charge in [0, 0.05) is 28.8 Å². The average molecular weight is 618 g/mol. The smallest absolute Gasteiger partial charge is 0.335 e. The third-order valence-electron chi connectivity index (χ3n) is 6.80. The van der Waals surface area contributed by atoms with Gasteiger partial charge in [-0.2, -0.15) is 4.98 Å². The molecular weight excluding hydrogens is 582 g/mol. The molecule has 0 aliphatic rings. The number of carboxylic acid groups (broad SMARTS) is 1. The number of carboxylic acids is 1. The fourth-order valence-corrected chi connectivity index (χ4v) is 4.31. The fraction of sp³-hybridized carbons (Fsp3) is 0.273. The van der Waals surface area contributed by atoms with Crippen molar-refractivity contribution in [1.29, 1.82) is 0 Å². The minimum absolute atomic E-state index is 0.0125. The number of amides is 1. The van der Waals surface area contributed by atoms with Gasteiger partial charge in [-0.05, 0) is 85.8 Å². The molecular formula is C33H35N3O9. The number of aliphatic hydroxyl groups is 2. The maximum Gasteiger partial charge on any atom is 0.335 e. The van der Waals surface area contributed by atoms with Gasteiger partial charge in [-0.3, -0.25) is 14.4 Å². The molecule has 0 aliphatic heterocycles. The average Bonchev–Trinajstić information content (AvgIpc) is 3.53. The number of hydrogen-bond acceptors (Lipinski definition) is 10. The van der Waals surface area contributed by atoms with E-state index in [0.29, 0.717) is 46.9 Å². The standard InChI is InChI=1S/C24H27N3O6.C9H8O3/c1-4-16-9-19(8-15(3)22(16)32-13-20(30)10-25-21(31)12-29)23-26-24(33-27-23)17-5-6-18(11-28)14(2)7-17;1-6-4-7(9(11)12)2-3-8(6)5-10/h5-9,11,20,29-30H,4,10,12-13H2,1-3H3,(H,25,31);2-5H,1H3,(H,11,12)/t20-;/m0./s1. The summed E-state index contributed by atoms with van der Waals surface area (Å²) >= 11 is 0. The Hall–Kier alpha value is -5.20. The van der Waals surface area contributed by atoms with E-state index in [-0.39, 0.29) is 18.7 Å². The lowest BCUT2D eigenvalue weighted by molar-refractivity contribution is -0.124. The van der Waals surface area contributed by atoms with E-state index in [2.05, 4.69) is 15.5 Å². The van der Waals surface area contributed by atoms with Crippen LogP contribution in [0.1, 0.15) is 60.3 Å². The summed E-state index contributed by atoms with van der Waals surface area (Å²) in [7, 11) is 0. The number of hydrogen-bond donors (Lipinski definition) is 4. The van der Waals surface area contributed by atoms with E-state index in [9.17, 15) is 24.3 Å². The summed E-state index contributed by atoms with van der Waals surface area (Å²) in [6.07, 6.45) is 1.28. The molecule has 1 amide bonds. The van der Waals surface area contributed by atoms with Crippen LogP contribution in [0, 0.1) is 20.8 Å². The first-order valence-electron chi connectivity index (χ1n) is 14.0. The van der Waals surface area contributed by atoms with Gasteiger partial charge in [0.1, 0.15) is 37.6 Å². The fourth-order valence-electron chi connectivity index (χ4n) is 4.31. The second-order valence-electron chi connectivity index (χ2n) is 10.2. The van der Waals surface area contributed by atoms with Crippen molar-refractivity contribution in [3.8, 4) is 28.6 Å². The van der Waals surface area contributed by atoms with Gasteiger partial charge in [-0.15, -0.1) is 0 Å². The van der Waals surface area contributed by atoms with Crippen molar-refractivity contribution >= 4 is 24.4 Å². The third kappa shape index (κ3) is 9.15. The van der Waals surface area contributed by atoms with E-state index in [1.165, 1.54) is 18.2 Å². The molecule has 1 aromatic heterocycles. The van der Waals surface area contributed by atoms with Crippen LogP contribution in [0.4, 0.5) is 0 Å². The van der Waals surface area contributed by atoms with E-state index in [4.69, 9.17) is 19.5 Å². The van der Waals surface area contributed by atoms with E-state index in [1.807, 2.05) is 39.0 Å². The van der Waals surface area contributed by atoms with E-state index in [1.54, 1.807) is 19.1 Å². The van der Waals surface area contributed by atoms with Crippen LogP contribution in [0.5, 0.6) is 5.75 Å². The van der Waals surface area contributed by atoms with Gasteiger partial charge in [0.05, 0.1) is 5.56 Å². The van der Waals surface area contributed by atoms with Crippen LogP contribution >= 0.6 is 0 Å². The normalized spacial score (nSPS) is 11.2. The van der Waals surface area contributed by atoms with Gasteiger partial charge in [-0.25, -0.2) is 4.79 Å². The van der Waals surface area contributed by atoms with Crippen LogP contribution in [-0.2, 0) is 11.2 Å². The lowest BCUT2D eigenvalue weighted by Gasteiger charge is -2.17. The number of aromatic carboxylic acids is 1. The highest BCUT2D eigenvalue weighted by Crippen LogP contribution is 2.31. The number of ether oxygens (including phenoxy) is 1. The van der Waals surface area contributed by atoms with Crippen molar-refractivity contribution in [1.82, 2.24) is 15.5 Å². The molecule has 0 bridgehead atoms. The summed E-state index contributed by atoms with van der Waals surface area (Å²) < 4.78 is 11.3. The largest absolute Gasteiger partial charge is 0.490 e. The minimum Gasteiger partial charge on any atom is -0.490 e. The maximum atomic E-state index is 11.1. The van der Waals surface area contributed by atoms with E-state index in [0.717, 1.165) is 34.1 Å². The van der Waals surface area contributed by atoms with Crippen molar-refractivity contribution in [2.45, 2.75) is 40.2 Å². The Labute approximate surface area is 259 Å². The van der Waals surface area contributed by atoms with Gasteiger partial charge >= 0.3 is 5.97 Å². The molecule has 0 saturated carbocycles. The van der Waals surface area contributed by atoms with Crippen LogP contribution in [0.15, 0.2) is 53.1 Å². The van der Waals surface area contributed by atoms with Crippen molar-refractivity contribution in [2.24, 2.45) is 0 Å². The highest BCUT2D eigenvalue weighted by Gasteiger charge is 2.17. The molecule has 4 aromatic rings. The molecule has 12 nitrogen and oxygen atoms in total. The number of rotatable bonds is 12. The van der Waals surface area contributed by atoms with Gasteiger partial charge in [0.2, 0.25) is 11.7 Å². The number of carbonyl (C=O) groups excluding carboxylic acids is 3. The van der Waals surface area contributed by atoms with Crippen molar-refractivity contribution < 1.29 is 43.8 Å². The number of aromatic nitrogens is 2. The third-order valence-corrected chi connectivity index (χ3v) is 6.80. The highest BCUT2D eigenvalue weighted by atomic mass is 16.5. The minimum atomic E-state index is -0.976. The molecule has 0 radical (unpaired) electrons. The number of nitrogens with one attached hydrogen (secondary N) is 1. The predicted octanol–water partition coefficient (Wildman–Crippen LogP) is 3.75. The zero-order valence-electron chi connectivity index (χ0n) is 25.4. The van der Waals surface area contributed by atoms with Crippen molar-refractivity contribution in [2.75, 3.05) is 19.8 Å². The number of carbonyl (C=O) groups is 4. The van der Waals surface area contributed by atoms with Gasteiger partial charge < -0.3 is 29.9 Å². The Morgan fingerprint density at radius 2 is 1.60 bits per heavy atom. The van der Waals surface area contributed by atoms with Crippen molar-refractivity contribution in [3.63, 3.8) is 0 Å². The monoisotopic (exact) mass is 617 g/mol. The van der Waals surface area contributed by atoms with Gasteiger partial charge in [0.25, 0.3) is 5.89 Å². The van der Waals surface area contributed by atoms with Crippen LogP contribution in [0.2, 0.25) is 0 Å². The molecule has 1 atom stereocenters. The van der Waals surface area contributed by atoms with Crippen LogP contribution < -0.4 is 10.1 Å². The Bertz CT molecular complexity index is 1680. The zero-order chi connectivity index (χ0) is 33.1. The summed E-state index contributed by atoms with van der Waals surface area (Å²) in [6, 6.07) is 13.5. The van der Waals surface area contributed by atoms with Gasteiger partial charge in [0.15, 0.2) is 0 Å². The van der Waals surface area contributed by atoms with Crippen molar-refractivity contribution in [3.05, 3.63) is 87.5 Å². The quantitative estimate of drug-likeness (QED) is 0.169. The molecule has 0 unspecified atom stereocenters. The molecule has 12 heteroatoms. The SMILES string of the molecule is CCc1cc(-c2noc(-c3ccc(C=O)c(C)c3)n2)cc(C)c1OC[C@@H](O)CNC(=O)CO.Cc1cc(C(=O)O)ccc1C=O. The molecule has 0 spiro atoms. The first-order valence-corrected chi connectivity index (χ1v) is 14.0. The molecule has 1 heterocycles. The van der Waals surface area contributed by atoms with E-state index < -0.39 is 24.6 Å². The molecule has 0 fully saturated rings. The first-order chi connectivity index (χ1) is 21.5. The molecule has 236 valence electrons. The topological polar surface area (TPSA) is 189 Å². The Morgan fingerprint density at radius 3 is 2.18 bits per heavy atom. The second-order valence-corrected chi connectivity index (χ2v) is 10.2. The number of nitrogens with zero attached hydrogens (tertiary/aromatic N) is 2. The van der Waals surface area contributed by atoms with Crippen LogP contribution in [-0.4, -0.2) is 75.8 Å². The lowest BCUT2D eigenvalue weighted by atomic mass is 10.0. The second kappa shape index (κ2) is 16.0. The molecule has 4 rings (SSSR count). The summed E-state index contributed by atoms with van der Waals surface area (Å²) in [4.78, 5) is 47.5. The number of aliphatic hydroxyl groups excluding tert-OH is 2. The first kappa shape index (κ1) is 34.3. The lowest BCUT2D eigenvalue weighted by Crippen LogP contribution is -2.36. The number of benzene rings is 3. The van der Waals surface area contributed by atoms with Gasteiger partial charge in [-0.1, -0.05) is 24.2 Å². The molecule has 0 aliphatic carbocycles. The highest BCUT2D eigenvalue weighted by molar-refractivity contribution is 5.89. The molecule has 0 saturated heterocycles. The Kier molecular flexibility index (Phi) is 12.2.